The van der Waals surface area contributed by atoms with E-state index >= 15 is 0 Å². The van der Waals surface area contributed by atoms with Crippen LogP contribution >= 0.6 is 23.7 Å². The van der Waals surface area contributed by atoms with Crippen molar-refractivity contribution in [3.05, 3.63) is 21.9 Å². The maximum absolute atomic E-state index is 12.7. The number of hydrogen-bond acceptors (Lipinski definition) is 3. The van der Waals surface area contributed by atoms with Crippen molar-refractivity contribution >= 4 is 29.7 Å². The van der Waals surface area contributed by atoms with Gasteiger partial charge in [0.05, 0.1) is 12.0 Å². The highest BCUT2D eigenvalue weighted by Gasteiger charge is 2.49. The summed E-state index contributed by atoms with van der Waals surface area (Å²) in [5, 5.41) is 5.46. The zero-order valence-corrected chi connectivity index (χ0v) is 13.7. The van der Waals surface area contributed by atoms with Crippen molar-refractivity contribution in [3.8, 4) is 0 Å². The smallest absolute Gasteiger partial charge is 0.225 e. The lowest BCUT2D eigenvalue weighted by Crippen LogP contribution is -2.46. The fourth-order valence-electron chi connectivity index (χ4n) is 4.63. The zero-order chi connectivity index (χ0) is 13.7. The van der Waals surface area contributed by atoms with Crippen LogP contribution in [0.5, 0.6) is 0 Å². The predicted molar refractivity (Wildman–Crippen MR) is 87.7 cm³/mol. The number of nitrogens with one attached hydrogen (secondary N) is 1. The molecule has 0 saturated heterocycles. The van der Waals surface area contributed by atoms with E-state index in [0.717, 1.165) is 6.42 Å². The molecule has 5 heteroatoms. The Morgan fingerprint density at radius 3 is 2.86 bits per heavy atom. The van der Waals surface area contributed by atoms with Crippen LogP contribution in [0, 0.1) is 17.8 Å². The maximum atomic E-state index is 12.7. The summed E-state index contributed by atoms with van der Waals surface area (Å²) in [5.74, 6) is 1.42. The highest BCUT2D eigenvalue weighted by Crippen LogP contribution is 2.48. The van der Waals surface area contributed by atoms with Gasteiger partial charge in [-0.1, -0.05) is 0 Å². The molecule has 1 aromatic rings. The molecule has 3 nitrogen and oxygen atoms in total. The Labute approximate surface area is 136 Å². The number of halogens is 1. The highest BCUT2D eigenvalue weighted by molar-refractivity contribution is 7.10. The van der Waals surface area contributed by atoms with Crippen LogP contribution in [0.25, 0.3) is 0 Å². The molecule has 2 fully saturated rings. The van der Waals surface area contributed by atoms with E-state index < -0.39 is 0 Å². The zero-order valence-electron chi connectivity index (χ0n) is 12.1. The highest BCUT2D eigenvalue weighted by atomic mass is 35.5. The molecule has 0 aromatic carbocycles. The molecule has 21 heavy (non-hydrogen) atoms. The molecular formula is C16H23ClN2OS. The second-order valence-electron chi connectivity index (χ2n) is 6.69. The van der Waals surface area contributed by atoms with Crippen LogP contribution in [0.2, 0.25) is 0 Å². The fraction of sp³-hybridized carbons (Fsp3) is 0.688. The second-order valence-corrected chi connectivity index (χ2v) is 7.69. The van der Waals surface area contributed by atoms with Gasteiger partial charge in [-0.05, 0) is 67.4 Å². The number of carbonyl (C=O) groups excluding carboxylic acids is 1. The quantitative estimate of drug-likeness (QED) is 0.877. The Morgan fingerprint density at radius 1 is 1.29 bits per heavy atom. The third kappa shape index (κ3) is 2.51. The lowest BCUT2D eigenvalue weighted by atomic mass is 9.83. The molecule has 5 atom stereocenters. The number of thiophene rings is 1. The average molecular weight is 327 g/mol. The van der Waals surface area contributed by atoms with Crippen molar-refractivity contribution in [1.29, 1.82) is 0 Å². The Balaban J connectivity index is 0.00000132. The van der Waals surface area contributed by atoms with Gasteiger partial charge >= 0.3 is 0 Å². The van der Waals surface area contributed by atoms with Crippen molar-refractivity contribution in [1.82, 2.24) is 5.32 Å². The largest absolute Gasteiger partial charge is 0.349 e. The van der Waals surface area contributed by atoms with Crippen molar-refractivity contribution in [3.63, 3.8) is 0 Å². The van der Waals surface area contributed by atoms with E-state index in [0.29, 0.717) is 11.8 Å². The lowest BCUT2D eigenvalue weighted by molar-refractivity contribution is -0.127. The summed E-state index contributed by atoms with van der Waals surface area (Å²) in [7, 11) is 0. The molecule has 2 saturated carbocycles. The van der Waals surface area contributed by atoms with E-state index in [1.807, 2.05) is 11.3 Å². The maximum Gasteiger partial charge on any atom is 0.225 e. The number of hydrogen-bond donors (Lipinski definition) is 2. The normalized spacial score (nSPS) is 36.9. The first-order valence-electron chi connectivity index (χ1n) is 7.86. The average Bonchev–Trinajstić information content (AvgIpc) is 3.13. The molecular weight excluding hydrogens is 304 g/mol. The molecule has 0 spiro atoms. The van der Waals surface area contributed by atoms with Gasteiger partial charge in [0.15, 0.2) is 0 Å². The molecule has 3 aliphatic carbocycles. The monoisotopic (exact) mass is 326 g/mol. The van der Waals surface area contributed by atoms with E-state index in [-0.39, 0.29) is 36.3 Å². The van der Waals surface area contributed by atoms with Crippen molar-refractivity contribution in [2.75, 3.05) is 0 Å². The van der Waals surface area contributed by atoms with Crippen LogP contribution in [0.1, 0.15) is 48.6 Å². The van der Waals surface area contributed by atoms with Crippen LogP contribution in [-0.2, 0) is 11.2 Å². The topological polar surface area (TPSA) is 55.1 Å². The molecule has 3 aliphatic rings. The van der Waals surface area contributed by atoms with Crippen LogP contribution in [-0.4, -0.2) is 11.9 Å². The van der Waals surface area contributed by atoms with Gasteiger partial charge in [0.2, 0.25) is 5.91 Å². The molecule has 0 radical (unpaired) electrons. The number of amides is 1. The fourth-order valence-corrected chi connectivity index (χ4v) is 5.62. The summed E-state index contributed by atoms with van der Waals surface area (Å²) in [4.78, 5) is 14.1. The number of fused-ring (bicyclic) bond motifs is 3. The molecule has 3 N–H and O–H groups in total. The SMILES string of the molecule is Cl.NC1C2CCC(C2)C1C(=O)NC1CCCc2sccc21. The summed E-state index contributed by atoms with van der Waals surface area (Å²) in [6, 6.07) is 2.51. The van der Waals surface area contributed by atoms with Gasteiger partial charge in [-0.3, -0.25) is 4.79 Å². The third-order valence-corrected chi connectivity index (χ3v) is 6.65. The number of aryl methyl sites for hydroxylation is 1. The minimum absolute atomic E-state index is 0. The van der Waals surface area contributed by atoms with E-state index in [1.54, 1.807) is 0 Å². The lowest BCUT2D eigenvalue weighted by Gasteiger charge is -2.30. The summed E-state index contributed by atoms with van der Waals surface area (Å²) in [6.07, 6.45) is 7.03. The molecule has 116 valence electrons. The minimum atomic E-state index is 0. The van der Waals surface area contributed by atoms with Crippen LogP contribution in [0.15, 0.2) is 11.4 Å². The standard InChI is InChI=1S/C16H22N2OS.ClH/c17-15-10-5-4-9(8-10)14(15)16(19)18-12-2-1-3-13-11(12)6-7-20-13;/h6-7,9-10,12,14-15H,1-5,8,17H2,(H,18,19);1H. The Morgan fingerprint density at radius 2 is 2.10 bits per heavy atom. The van der Waals surface area contributed by atoms with Gasteiger partial charge in [-0.15, -0.1) is 23.7 Å². The first kappa shape index (κ1) is 15.3. The van der Waals surface area contributed by atoms with Crippen molar-refractivity contribution in [2.45, 2.75) is 50.6 Å². The summed E-state index contributed by atoms with van der Waals surface area (Å²) in [5.41, 5.74) is 7.64. The first-order chi connectivity index (χ1) is 9.74. The Kier molecular flexibility index (Phi) is 4.30. The minimum Gasteiger partial charge on any atom is -0.349 e. The molecule has 1 heterocycles. The number of rotatable bonds is 2. The predicted octanol–water partition coefficient (Wildman–Crippen LogP) is 3.04. The number of carbonyl (C=O) groups is 1. The van der Waals surface area contributed by atoms with E-state index in [1.165, 1.54) is 42.5 Å². The number of nitrogens with two attached hydrogens (primary N) is 1. The summed E-state index contributed by atoms with van der Waals surface area (Å²) >= 11 is 1.83. The second kappa shape index (κ2) is 5.90. The van der Waals surface area contributed by atoms with Gasteiger partial charge in [-0.2, -0.15) is 0 Å². The third-order valence-electron chi connectivity index (χ3n) is 5.65. The van der Waals surface area contributed by atoms with Gasteiger partial charge in [0, 0.05) is 10.9 Å². The molecule has 5 unspecified atom stereocenters. The van der Waals surface area contributed by atoms with Crippen molar-refractivity contribution in [2.24, 2.45) is 23.5 Å². The van der Waals surface area contributed by atoms with Gasteiger partial charge in [0.1, 0.15) is 0 Å². The van der Waals surface area contributed by atoms with E-state index in [2.05, 4.69) is 16.8 Å². The van der Waals surface area contributed by atoms with Crippen LogP contribution in [0.4, 0.5) is 0 Å². The summed E-state index contributed by atoms with van der Waals surface area (Å²) in [6.45, 7) is 0. The summed E-state index contributed by atoms with van der Waals surface area (Å²) < 4.78 is 0. The molecule has 1 aromatic heterocycles. The molecule has 4 rings (SSSR count). The van der Waals surface area contributed by atoms with E-state index in [9.17, 15) is 4.79 Å². The first-order valence-corrected chi connectivity index (χ1v) is 8.74. The van der Waals surface area contributed by atoms with Gasteiger partial charge in [0.25, 0.3) is 0 Å². The molecule has 1 amide bonds. The van der Waals surface area contributed by atoms with Gasteiger partial charge < -0.3 is 11.1 Å². The molecule has 2 bridgehead atoms. The van der Waals surface area contributed by atoms with Crippen LogP contribution < -0.4 is 11.1 Å². The molecule has 0 aliphatic heterocycles. The Hall–Kier alpha value is -0.580. The van der Waals surface area contributed by atoms with E-state index in [4.69, 9.17) is 5.73 Å². The Bertz CT molecular complexity index is 530. The van der Waals surface area contributed by atoms with Gasteiger partial charge in [-0.25, -0.2) is 0 Å². The van der Waals surface area contributed by atoms with Crippen LogP contribution in [0.3, 0.4) is 0 Å². The van der Waals surface area contributed by atoms with Crippen molar-refractivity contribution < 1.29 is 4.79 Å².